The van der Waals surface area contributed by atoms with Gasteiger partial charge < -0.3 is 10.2 Å². The maximum absolute atomic E-state index is 11.1. The van der Waals surface area contributed by atoms with Crippen LogP contribution in [0.4, 0.5) is 0 Å². The molecule has 0 saturated carbocycles. The minimum absolute atomic E-state index is 0.286. The summed E-state index contributed by atoms with van der Waals surface area (Å²) in [6.07, 6.45) is 2.39. The number of amides is 1. The lowest BCUT2D eigenvalue weighted by Gasteiger charge is -2.29. The summed E-state index contributed by atoms with van der Waals surface area (Å²) in [6, 6.07) is 0.515. The number of piperazine rings is 1. The Morgan fingerprint density at radius 2 is 2.50 bits per heavy atom. The monoisotopic (exact) mass is 140 g/mol. The lowest BCUT2D eigenvalue weighted by atomic mass is 10.2. The summed E-state index contributed by atoms with van der Waals surface area (Å²) in [7, 11) is 0. The van der Waals surface area contributed by atoms with Gasteiger partial charge in [-0.1, -0.05) is 0 Å². The molecule has 2 aliphatic rings. The zero-order valence-corrected chi connectivity index (χ0v) is 5.97. The number of nitrogens with one attached hydrogen (secondary N) is 1. The number of carbonyl (C=O) groups is 1. The van der Waals surface area contributed by atoms with Crippen molar-refractivity contribution in [1.82, 2.24) is 10.2 Å². The summed E-state index contributed by atoms with van der Waals surface area (Å²) in [5.41, 5.74) is 0. The van der Waals surface area contributed by atoms with Crippen molar-refractivity contribution in [1.29, 1.82) is 0 Å². The van der Waals surface area contributed by atoms with Gasteiger partial charge in [-0.3, -0.25) is 4.79 Å². The van der Waals surface area contributed by atoms with Crippen LogP contribution in [0.25, 0.3) is 0 Å². The SMILES string of the molecule is O=C1CNC[C@@H]2CCCN12. The number of carbonyl (C=O) groups excluding carboxylic acids is 1. The maximum Gasteiger partial charge on any atom is 0.236 e. The highest BCUT2D eigenvalue weighted by atomic mass is 16.2. The highest BCUT2D eigenvalue weighted by Crippen LogP contribution is 2.18. The Morgan fingerprint density at radius 3 is 3.30 bits per heavy atom. The number of nitrogens with zero attached hydrogens (tertiary/aromatic N) is 1. The van der Waals surface area contributed by atoms with E-state index in [-0.39, 0.29) is 5.91 Å². The summed E-state index contributed by atoms with van der Waals surface area (Å²) in [5.74, 6) is 0.286. The van der Waals surface area contributed by atoms with Gasteiger partial charge in [0.2, 0.25) is 5.91 Å². The molecule has 3 nitrogen and oxygen atoms in total. The van der Waals surface area contributed by atoms with Gasteiger partial charge in [0.1, 0.15) is 0 Å². The summed E-state index contributed by atoms with van der Waals surface area (Å²) in [5, 5.41) is 3.11. The van der Waals surface area contributed by atoms with Crippen molar-refractivity contribution in [2.45, 2.75) is 18.9 Å². The molecule has 1 N–H and O–H groups in total. The van der Waals surface area contributed by atoms with Gasteiger partial charge in [0.25, 0.3) is 0 Å². The Bertz CT molecular complexity index is 158. The van der Waals surface area contributed by atoms with Crippen molar-refractivity contribution >= 4 is 5.91 Å². The molecule has 1 atom stereocenters. The minimum atomic E-state index is 0.286. The molecule has 0 aromatic carbocycles. The van der Waals surface area contributed by atoms with Crippen molar-refractivity contribution in [3.05, 3.63) is 0 Å². The van der Waals surface area contributed by atoms with Gasteiger partial charge in [-0.05, 0) is 12.8 Å². The third-order valence-corrected chi connectivity index (χ3v) is 2.35. The zero-order chi connectivity index (χ0) is 6.97. The van der Waals surface area contributed by atoms with E-state index in [4.69, 9.17) is 0 Å². The van der Waals surface area contributed by atoms with E-state index < -0.39 is 0 Å². The molecule has 0 aromatic heterocycles. The Labute approximate surface area is 60.4 Å². The second kappa shape index (κ2) is 2.23. The van der Waals surface area contributed by atoms with Crippen molar-refractivity contribution < 1.29 is 4.79 Å². The Hall–Kier alpha value is -0.570. The van der Waals surface area contributed by atoms with E-state index in [0.717, 1.165) is 13.1 Å². The molecular formula is C7H12N2O. The van der Waals surface area contributed by atoms with E-state index in [9.17, 15) is 4.79 Å². The Morgan fingerprint density at radius 1 is 1.60 bits per heavy atom. The number of fused-ring (bicyclic) bond motifs is 1. The quantitative estimate of drug-likeness (QED) is 0.495. The van der Waals surface area contributed by atoms with Crippen LogP contribution in [0.2, 0.25) is 0 Å². The van der Waals surface area contributed by atoms with Crippen LogP contribution in [-0.2, 0) is 4.79 Å². The van der Waals surface area contributed by atoms with Crippen LogP contribution in [0.1, 0.15) is 12.8 Å². The van der Waals surface area contributed by atoms with Gasteiger partial charge in [-0.2, -0.15) is 0 Å². The predicted octanol–water partition coefficient (Wildman–Crippen LogP) is -0.419. The molecule has 2 rings (SSSR count). The largest absolute Gasteiger partial charge is 0.337 e. The smallest absolute Gasteiger partial charge is 0.236 e. The van der Waals surface area contributed by atoms with Gasteiger partial charge in [-0.25, -0.2) is 0 Å². The average molecular weight is 140 g/mol. The molecule has 0 bridgehead atoms. The van der Waals surface area contributed by atoms with E-state index >= 15 is 0 Å². The first-order valence-electron chi connectivity index (χ1n) is 3.88. The minimum Gasteiger partial charge on any atom is -0.337 e. The van der Waals surface area contributed by atoms with Crippen LogP contribution in [0.5, 0.6) is 0 Å². The molecule has 1 amide bonds. The molecule has 3 heteroatoms. The zero-order valence-electron chi connectivity index (χ0n) is 5.97. The van der Waals surface area contributed by atoms with Crippen LogP contribution in [-0.4, -0.2) is 36.5 Å². The van der Waals surface area contributed by atoms with E-state index in [2.05, 4.69) is 5.32 Å². The topological polar surface area (TPSA) is 32.3 Å². The van der Waals surface area contributed by atoms with E-state index in [1.807, 2.05) is 4.90 Å². The normalized spacial score (nSPS) is 32.6. The molecule has 2 saturated heterocycles. The highest BCUT2D eigenvalue weighted by molar-refractivity contribution is 5.79. The van der Waals surface area contributed by atoms with Gasteiger partial charge in [0.05, 0.1) is 6.54 Å². The fraction of sp³-hybridized carbons (Fsp3) is 0.857. The van der Waals surface area contributed by atoms with Crippen molar-refractivity contribution in [2.24, 2.45) is 0 Å². The molecule has 2 aliphatic heterocycles. The number of hydrogen-bond acceptors (Lipinski definition) is 2. The van der Waals surface area contributed by atoms with E-state index in [0.29, 0.717) is 12.6 Å². The molecule has 0 unspecified atom stereocenters. The second-order valence-corrected chi connectivity index (χ2v) is 3.01. The first kappa shape index (κ1) is 6.16. The average Bonchev–Trinajstić information content (AvgIpc) is 2.36. The predicted molar refractivity (Wildman–Crippen MR) is 37.6 cm³/mol. The molecule has 56 valence electrons. The molecule has 2 fully saturated rings. The molecular weight excluding hydrogens is 128 g/mol. The third-order valence-electron chi connectivity index (χ3n) is 2.35. The van der Waals surface area contributed by atoms with Crippen molar-refractivity contribution in [3.8, 4) is 0 Å². The third kappa shape index (κ3) is 0.814. The lowest BCUT2D eigenvalue weighted by Crippen LogP contribution is -2.51. The van der Waals surface area contributed by atoms with Crippen LogP contribution < -0.4 is 5.32 Å². The van der Waals surface area contributed by atoms with Gasteiger partial charge in [0, 0.05) is 19.1 Å². The molecule has 0 radical (unpaired) electrons. The molecule has 0 aromatic rings. The van der Waals surface area contributed by atoms with Gasteiger partial charge >= 0.3 is 0 Å². The van der Waals surface area contributed by atoms with Crippen LogP contribution >= 0.6 is 0 Å². The van der Waals surface area contributed by atoms with Crippen LogP contribution in [0.15, 0.2) is 0 Å². The van der Waals surface area contributed by atoms with E-state index in [1.54, 1.807) is 0 Å². The van der Waals surface area contributed by atoms with Gasteiger partial charge in [-0.15, -0.1) is 0 Å². The van der Waals surface area contributed by atoms with Gasteiger partial charge in [0.15, 0.2) is 0 Å². The lowest BCUT2D eigenvalue weighted by molar-refractivity contribution is -0.132. The van der Waals surface area contributed by atoms with Crippen LogP contribution in [0.3, 0.4) is 0 Å². The maximum atomic E-state index is 11.1. The standard InChI is InChI=1S/C7H12N2O/c10-7-5-8-4-6-2-1-3-9(6)7/h6,8H,1-5H2/t6-/m0/s1. The summed E-state index contributed by atoms with van der Waals surface area (Å²) >= 11 is 0. The van der Waals surface area contributed by atoms with E-state index in [1.165, 1.54) is 12.8 Å². The van der Waals surface area contributed by atoms with Crippen LogP contribution in [0, 0.1) is 0 Å². The Balaban J connectivity index is 2.10. The number of hydrogen-bond donors (Lipinski definition) is 1. The first-order valence-corrected chi connectivity index (χ1v) is 3.88. The molecule has 10 heavy (non-hydrogen) atoms. The fourth-order valence-electron chi connectivity index (χ4n) is 1.82. The summed E-state index contributed by atoms with van der Waals surface area (Å²) in [6.45, 7) is 2.55. The molecule has 0 spiro atoms. The molecule has 2 heterocycles. The Kier molecular flexibility index (Phi) is 1.38. The summed E-state index contributed by atoms with van der Waals surface area (Å²) in [4.78, 5) is 13.1. The number of rotatable bonds is 0. The van der Waals surface area contributed by atoms with Crippen molar-refractivity contribution in [2.75, 3.05) is 19.6 Å². The second-order valence-electron chi connectivity index (χ2n) is 3.01. The highest BCUT2D eigenvalue weighted by Gasteiger charge is 2.31. The molecule has 0 aliphatic carbocycles. The van der Waals surface area contributed by atoms with Crippen molar-refractivity contribution in [3.63, 3.8) is 0 Å². The first-order chi connectivity index (χ1) is 4.88. The fourth-order valence-corrected chi connectivity index (χ4v) is 1.82. The summed E-state index contributed by atoms with van der Waals surface area (Å²) < 4.78 is 0.